The molecule has 0 saturated heterocycles. The number of aromatic nitrogens is 1. The molecule has 1 unspecified atom stereocenters. The minimum atomic E-state index is 0.290. The summed E-state index contributed by atoms with van der Waals surface area (Å²) < 4.78 is 3.90. The van der Waals surface area contributed by atoms with E-state index in [2.05, 4.69) is 23.5 Å². The van der Waals surface area contributed by atoms with E-state index < -0.39 is 0 Å². The smallest absolute Gasteiger partial charge is 0.162 e. The van der Waals surface area contributed by atoms with E-state index >= 15 is 0 Å². The lowest BCUT2D eigenvalue weighted by Gasteiger charge is -2.09. The average molecular weight is 216 g/mol. The Morgan fingerprint density at radius 2 is 2.46 bits per heavy atom. The van der Waals surface area contributed by atoms with Crippen molar-refractivity contribution < 1.29 is 0 Å². The zero-order valence-corrected chi connectivity index (χ0v) is 9.04. The molecule has 0 spiro atoms. The molecule has 70 valence electrons. The van der Waals surface area contributed by atoms with Gasteiger partial charge < -0.3 is 5.32 Å². The molecule has 0 radical (unpaired) electrons. The van der Waals surface area contributed by atoms with Crippen LogP contribution < -0.4 is 5.32 Å². The van der Waals surface area contributed by atoms with E-state index in [9.17, 15) is 0 Å². The van der Waals surface area contributed by atoms with Gasteiger partial charge in [-0.25, -0.2) is 0 Å². The first-order valence-corrected chi connectivity index (χ1v) is 5.16. The summed E-state index contributed by atoms with van der Waals surface area (Å²) in [6, 6.07) is 2.36. The molecule has 0 bridgehead atoms. The van der Waals surface area contributed by atoms with E-state index in [0.29, 0.717) is 16.8 Å². The van der Waals surface area contributed by atoms with Crippen LogP contribution in [0.2, 0.25) is 5.15 Å². The molecule has 0 fully saturated rings. The highest BCUT2D eigenvalue weighted by molar-refractivity contribution is 7.10. The van der Waals surface area contributed by atoms with E-state index in [0.717, 1.165) is 11.4 Å². The summed E-state index contributed by atoms with van der Waals surface area (Å²) in [5, 5.41) is 13.0. The molecule has 0 aromatic carbocycles. The molecule has 1 heterocycles. The zero-order valence-electron chi connectivity index (χ0n) is 7.47. The van der Waals surface area contributed by atoms with Crippen molar-refractivity contribution in [2.24, 2.45) is 0 Å². The van der Waals surface area contributed by atoms with Gasteiger partial charge in [-0.05, 0) is 24.9 Å². The van der Waals surface area contributed by atoms with E-state index in [1.165, 1.54) is 11.5 Å². The Bertz CT molecular complexity index is 329. The molecule has 0 aliphatic heterocycles. The molecule has 1 atom stereocenters. The highest BCUT2D eigenvalue weighted by atomic mass is 35.5. The van der Waals surface area contributed by atoms with Crippen LogP contribution in [0, 0.1) is 11.3 Å². The second kappa shape index (κ2) is 4.45. The summed E-state index contributed by atoms with van der Waals surface area (Å²) in [7, 11) is 0. The quantitative estimate of drug-likeness (QED) is 0.844. The lowest BCUT2D eigenvalue weighted by Crippen LogP contribution is -2.12. The fourth-order valence-corrected chi connectivity index (χ4v) is 1.84. The Kier molecular flexibility index (Phi) is 3.52. The number of nitrogens with zero attached hydrogens (tertiary/aromatic N) is 2. The van der Waals surface area contributed by atoms with Crippen LogP contribution in [0.5, 0.6) is 0 Å². The molecule has 0 saturated carbocycles. The van der Waals surface area contributed by atoms with Gasteiger partial charge in [0, 0.05) is 6.04 Å². The van der Waals surface area contributed by atoms with Crippen LogP contribution in [0.15, 0.2) is 0 Å². The average Bonchev–Trinajstić information content (AvgIpc) is 2.46. The van der Waals surface area contributed by atoms with Crippen LogP contribution in [-0.2, 0) is 0 Å². The van der Waals surface area contributed by atoms with Crippen LogP contribution in [0.1, 0.15) is 25.8 Å². The molecule has 1 rings (SSSR count). The predicted molar refractivity (Wildman–Crippen MR) is 55.2 cm³/mol. The highest BCUT2D eigenvalue weighted by Gasteiger charge is 2.12. The van der Waals surface area contributed by atoms with Crippen LogP contribution >= 0.6 is 23.1 Å². The number of nitriles is 1. The summed E-state index contributed by atoms with van der Waals surface area (Å²) in [4.78, 5) is 0. The zero-order chi connectivity index (χ0) is 9.84. The van der Waals surface area contributed by atoms with Crippen molar-refractivity contribution in [3.05, 3.63) is 10.7 Å². The maximum Gasteiger partial charge on any atom is 0.162 e. The van der Waals surface area contributed by atoms with Gasteiger partial charge in [-0.1, -0.05) is 18.5 Å². The monoisotopic (exact) mass is 215 g/mol. The van der Waals surface area contributed by atoms with Crippen molar-refractivity contribution in [1.82, 2.24) is 4.37 Å². The maximum atomic E-state index is 8.77. The first kappa shape index (κ1) is 10.3. The lowest BCUT2D eigenvalue weighted by atomic mass is 10.2. The number of anilines is 1. The van der Waals surface area contributed by atoms with Crippen molar-refractivity contribution in [2.75, 3.05) is 5.32 Å². The van der Waals surface area contributed by atoms with Gasteiger partial charge in [0.05, 0.1) is 0 Å². The normalized spacial score (nSPS) is 12.2. The third kappa shape index (κ3) is 2.33. The number of hydrogen-bond acceptors (Lipinski definition) is 4. The predicted octanol–water partition coefficient (Wildman–Crippen LogP) is 2.88. The molecule has 1 aromatic heterocycles. The van der Waals surface area contributed by atoms with Crippen molar-refractivity contribution >= 4 is 28.1 Å². The van der Waals surface area contributed by atoms with Crippen LogP contribution in [0.4, 0.5) is 5.00 Å². The Hall–Kier alpha value is -0.790. The maximum absolute atomic E-state index is 8.77. The third-order valence-electron chi connectivity index (χ3n) is 1.75. The van der Waals surface area contributed by atoms with Gasteiger partial charge in [0.2, 0.25) is 0 Å². The summed E-state index contributed by atoms with van der Waals surface area (Å²) in [6.07, 6.45) is 1.00. The Morgan fingerprint density at radius 3 is 3.00 bits per heavy atom. The molecule has 13 heavy (non-hydrogen) atoms. The van der Waals surface area contributed by atoms with E-state index in [1.54, 1.807) is 0 Å². The summed E-state index contributed by atoms with van der Waals surface area (Å²) in [5.41, 5.74) is 0.451. The standard InChI is InChI=1S/C8H10ClN3S/c1-3-5(2)11-8-6(4-10)7(9)12-13-8/h5,11H,3H2,1-2H3. The number of halogens is 1. The minimum absolute atomic E-state index is 0.290. The second-order valence-corrected chi connectivity index (χ2v) is 3.87. The lowest BCUT2D eigenvalue weighted by molar-refractivity contribution is 0.766. The van der Waals surface area contributed by atoms with Crippen LogP contribution in [-0.4, -0.2) is 10.4 Å². The number of hydrogen-bond donors (Lipinski definition) is 1. The van der Waals surface area contributed by atoms with Crippen molar-refractivity contribution in [2.45, 2.75) is 26.3 Å². The minimum Gasteiger partial charge on any atom is -0.372 e. The summed E-state index contributed by atoms with van der Waals surface area (Å²) in [5.74, 6) is 0. The first-order valence-electron chi connectivity index (χ1n) is 4.00. The fraction of sp³-hybridized carbons (Fsp3) is 0.500. The molecule has 0 amide bonds. The molecular weight excluding hydrogens is 206 g/mol. The third-order valence-corrected chi connectivity index (χ3v) is 2.90. The first-order chi connectivity index (χ1) is 6.19. The molecule has 0 aliphatic carbocycles. The molecule has 1 N–H and O–H groups in total. The van der Waals surface area contributed by atoms with Crippen molar-refractivity contribution in [3.8, 4) is 6.07 Å². The van der Waals surface area contributed by atoms with Gasteiger partial charge in [-0.15, -0.1) is 0 Å². The topological polar surface area (TPSA) is 48.7 Å². The number of nitrogens with one attached hydrogen (secondary N) is 1. The molecule has 3 nitrogen and oxygen atoms in total. The Labute approximate surface area is 86.5 Å². The second-order valence-electron chi connectivity index (χ2n) is 2.74. The molecular formula is C8H10ClN3S. The van der Waals surface area contributed by atoms with Crippen LogP contribution in [0.25, 0.3) is 0 Å². The molecule has 0 aliphatic rings. The highest BCUT2D eigenvalue weighted by Crippen LogP contribution is 2.28. The van der Waals surface area contributed by atoms with E-state index in [4.69, 9.17) is 16.9 Å². The SMILES string of the molecule is CCC(C)Nc1snc(Cl)c1C#N. The largest absolute Gasteiger partial charge is 0.372 e. The van der Waals surface area contributed by atoms with Gasteiger partial charge in [0.15, 0.2) is 5.15 Å². The van der Waals surface area contributed by atoms with Gasteiger partial charge in [0.25, 0.3) is 0 Å². The molecule has 1 aromatic rings. The van der Waals surface area contributed by atoms with E-state index in [1.807, 2.05) is 6.07 Å². The Morgan fingerprint density at radius 1 is 1.77 bits per heavy atom. The van der Waals surface area contributed by atoms with Gasteiger partial charge in [0.1, 0.15) is 16.6 Å². The fourth-order valence-electron chi connectivity index (χ4n) is 0.792. The van der Waals surface area contributed by atoms with Gasteiger partial charge >= 0.3 is 0 Å². The summed E-state index contributed by atoms with van der Waals surface area (Å²) >= 11 is 6.94. The van der Waals surface area contributed by atoms with Crippen molar-refractivity contribution in [1.29, 1.82) is 5.26 Å². The van der Waals surface area contributed by atoms with Crippen LogP contribution in [0.3, 0.4) is 0 Å². The van der Waals surface area contributed by atoms with E-state index in [-0.39, 0.29) is 0 Å². The van der Waals surface area contributed by atoms with Gasteiger partial charge in [-0.3, -0.25) is 0 Å². The molecule has 5 heteroatoms. The van der Waals surface area contributed by atoms with Gasteiger partial charge in [-0.2, -0.15) is 9.64 Å². The number of rotatable bonds is 3. The van der Waals surface area contributed by atoms with Crippen molar-refractivity contribution in [3.63, 3.8) is 0 Å². The Balaban J connectivity index is 2.84. The summed E-state index contributed by atoms with van der Waals surface area (Å²) in [6.45, 7) is 4.13.